The van der Waals surface area contributed by atoms with E-state index in [2.05, 4.69) is 20.0 Å². The second-order valence-corrected chi connectivity index (χ2v) is 8.53. The smallest absolute Gasteiger partial charge is 0.211 e. The minimum absolute atomic E-state index is 0.204. The molecule has 0 spiro atoms. The van der Waals surface area contributed by atoms with Crippen LogP contribution in [0.15, 0.2) is 47.4 Å². The van der Waals surface area contributed by atoms with Gasteiger partial charge >= 0.3 is 0 Å². The van der Waals surface area contributed by atoms with E-state index in [9.17, 15) is 8.42 Å². The third-order valence-corrected chi connectivity index (χ3v) is 6.21. The van der Waals surface area contributed by atoms with Gasteiger partial charge in [0.05, 0.1) is 10.6 Å². The summed E-state index contributed by atoms with van der Waals surface area (Å²) in [5.41, 5.74) is 3.09. The summed E-state index contributed by atoms with van der Waals surface area (Å²) in [6.07, 6.45) is 0.725. The van der Waals surface area contributed by atoms with Crippen LogP contribution in [0.3, 0.4) is 0 Å². The van der Waals surface area contributed by atoms with Crippen molar-refractivity contribution in [2.24, 2.45) is 0 Å². The monoisotopic (exact) mass is 395 g/mol. The number of nitrogens with zero attached hydrogens (tertiary/aromatic N) is 4. The van der Waals surface area contributed by atoms with Crippen molar-refractivity contribution >= 4 is 26.4 Å². The predicted octanol–water partition coefficient (Wildman–Crippen LogP) is 3.25. The largest absolute Gasteiger partial charge is 0.240 e. The fourth-order valence-corrected chi connectivity index (χ4v) is 4.40. The summed E-state index contributed by atoms with van der Waals surface area (Å²) in [5, 5.41) is 15.3. The maximum absolute atomic E-state index is 12.5. The molecule has 2 heterocycles. The minimum atomic E-state index is -3.58. The van der Waals surface area contributed by atoms with Gasteiger partial charge in [-0.3, -0.25) is 0 Å². The number of fused-ring (bicyclic) bond motifs is 3. The topological polar surface area (TPSA) is 89.2 Å². The van der Waals surface area contributed by atoms with Gasteiger partial charge < -0.3 is 0 Å². The molecule has 0 aliphatic rings. The summed E-state index contributed by atoms with van der Waals surface area (Å²) >= 11 is 0. The van der Waals surface area contributed by atoms with Crippen LogP contribution in [-0.2, 0) is 10.0 Å². The Morgan fingerprint density at radius 3 is 2.54 bits per heavy atom. The Hall–Kier alpha value is -2.84. The quantitative estimate of drug-likeness (QED) is 0.560. The van der Waals surface area contributed by atoms with E-state index in [-0.39, 0.29) is 4.90 Å². The second kappa shape index (κ2) is 6.96. The summed E-state index contributed by atoms with van der Waals surface area (Å²) in [4.78, 5) is 0.204. The van der Waals surface area contributed by atoms with E-state index in [1.54, 1.807) is 22.7 Å². The van der Waals surface area contributed by atoms with Crippen LogP contribution in [0.25, 0.3) is 27.8 Å². The van der Waals surface area contributed by atoms with Gasteiger partial charge in [-0.25, -0.2) is 13.1 Å². The molecule has 8 heteroatoms. The lowest BCUT2D eigenvalue weighted by Crippen LogP contribution is -2.24. The van der Waals surface area contributed by atoms with Crippen LogP contribution in [0.5, 0.6) is 0 Å². The van der Waals surface area contributed by atoms with Gasteiger partial charge in [-0.1, -0.05) is 37.3 Å². The summed E-state index contributed by atoms with van der Waals surface area (Å²) in [5.74, 6) is 0.522. The third kappa shape index (κ3) is 3.04. The second-order valence-electron chi connectivity index (χ2n) is 6.76. The Balaban J connectivity index is 1.92. The number of benzene rings is 2. The molecule has 144 valence electrons. The standard InChI is InChI=1S/C20H21N5O2S/c1-4-11-21-28(26,27)15-10-9-13(2)18(12-15)20-23-22-19-17-8-6-5-7-16(17)14(3)24-25(19)20/h5-10,12,21H,4,11H2,1-3H3. The number of sulfonamides is 1. The van der Waals surface area contributed by atoms with Crippen LogP contribution >= 0.6 is 0 Å². The number of rotatable bonds is 5. The van der Waals surface area contributed by atoms with Crippen molar-refractivity contribution in [2.45, 2.75) is 32.1 Å². The molecule has 4 rings (SSSR count). The zero-order valence-electron chi connectivity index (χ0n) is 16.0. The average molecular weight is 395 g/mol. The van der Waals surface area contributed by atoms with E-state index in [4.69, 9.17) is 0 Å². The Labute approximate surface area is 163 Å². The van der Waals surface area contributed by atoms with Crippen molar-refractivity contribution in [1.82, 2.24) is 24.5 Å². The SMILES string of the molecule is CCCNS(=O)(=O)c1ccc(C)c(-c2nnc3c4ccccc4c(C)nn23)c1. The fraction of sp³-hybridized carbons (Fsp3) is 0.250. The van der Waals surface area contributed by atoms with Crippen molar-refractivity contribution < 1.29 is 8.42 Å². The van der Waals surface area contributed by atoms with Gasteiger partial charge in [0, 0.05) is 22.9 Å². The summed E-state index contributed by atoms with van der Waals surface area (Å²) in [7, 11) is -3.58. The maximum Gasteiger partial charge on any atom is 0.240 e. The lowest BCUT2D eigenvalue weighted by Gasteiger charge is -2.10. The zero-order chi connectivity index (χ0) is 19.9. The molecule has 2 aromatic carbocycles. The highest BCUT2D eigenvalue weighted by Crippen LogP contribution is 2.28. The molecule has 0 atom stereocenters. The molecule has 0 amide bonds. The van der Waals surface area contributed by atoms with Gasteiger partial charge in [0.25, 0.3) is 0 Å². The molecule has 2 aromatic heterocycles. The van der Waals surface area contributed by atoms with Crippen LogP contribution < -0.4 is 4.72 Å². The summed E-state index contributed by atoms with van der Waals surface area (Å²) in [6, 6.07) is 12.9. The van der Waals surface area contributed by atoms with Crippen LogP contribution in [-0.4, -0.2) is 34.8 Å². The van der Waals surface area contributed by atoms with Crippen LogP contribution in [0.4, 0.5) is 0 Å². The van der Waals surface area contributed by atoms with Crippen molar-refractivity contribution in [3.63, 3.8) is 0 Å². The molecule has 0 bridgehead atoms. The normalized spacial score (nSPS) is 12.1. The molecule has 0 unspecified atom stereocenters. The first-order chi connectivity index (χ1) is 13.4. The van der Waals surface area contributed by atoms with Gasteiger partial charge in [-0.05, 0) is 38.0 Å². The van der Waals surface area contributed by atoms with E-state index < -0.39 is 10.0 Å². The molecule has 0 saturated carbocycles. The Morgan fingerprint density at radius 2 is 1.79 bits per heavy atom. The first kappa shape index (κ1) is 18.5. The van der Waals surface area contributed by atoms with Crippen molar-refractivity contribution in [3.05, 3.63) is 53.7 Å². The lowest BCUT2D eigenvalue weighted by atomic mass is 10.1. The molecule has 1 N–H and O–H groups in total. The molecule has 28 heavy (non-hydrogen) atoms. The first-order valence-electron chi connectivity index (χ1n) is 9.14. The van der Waals surface area contributed by atoms with E-state index >= 15 is 0 Å². The van der Waals surface area contributed by atoms with Gasteiger partial charge in [0.2, 0.25) is 10.0 Å². The summed E-state index contributed by atoms with van der Waals surface area (Å²) in [6.45, 7) is 6.17. The predicted molar refractivity (Wildman–Crippen MR) is 109 cm³/mol. The van der Waals surface area contributed by atoms with Crippen LogP contribution in [0.1, 0.15) is 24.6 Å². The molecule has 7 nitrogen and oxygen atoms in total. The Bertz CT molecular complexity index is 1290. The number of aryl methyl sites for hydroxylation is 2. The van der Waals surface area contributed by atoms with Crippen molar-refractivity contribution in [1.29, 1.82) is 0 Å². The van der Waals surface area contributed by atoms with Gasteiger partial charge in [-0.15, -0.1) is 10.2 Å². The van der Waals surface area contributed by atoms with E-state index in [1.807, 2.05) is 45.0 Å². The van der Waals surface area contributed by atoms with Gasteiger partial charge in [0.1, 0.15) is 0 Å². The molecule has 0 saturated heterocycles. The van der Waals surface area contributed by atoms with E-state index in [1.165, 1.54) is 0 Å². The Morgan fingerprint density at radius 1 is 1.04 bits per heavy atom. The highest BCUT2D eigenvalue weighted by Gasteiger charge is 2.19. The molecule has 0 aliphatic carbocycles. The summed E-state index contributed by atoms with van der Waals surface area (Å²) < 4.78 is 29.4. The maximum atomic E-state index is 12.5. The fourth-order valence-electron chi connectivity index (χ4n) is 3.24. The van der Waals surface area contributed by atoms with Crippen LogP contribution in [0, 0.1) is 13.8 Å². The Kier molecular flexibility index (Phi) is 4.60. The molecular weight excluding hydrogens is 374 g/mol. The first-order valence-corrected chi connectivity index (χ1v) is 10.6. The van der Waals surface area contributed by atoms with E-state index in [0.29, 0.717) is 23.6 Å². The molecule has 0 fully saturated rings. The highest BCUT2D eigenvalue weighted by atomic mass is 32.2. The molecule has 0 radical (unpaired) electrons. The van der Waals surface area contributed by atoms with Crippen LogP contribution in [0.2, 0.25) is 0 Å². The average Bonchev–Trinajstić information content (AvgIpc) is 3.10. The van der Waals surface area contributed by atoms with Crippen molar-refractivity contribution in [2.75, 3.05) is 6.54 Å². The van der Waals surface area contributed by atoms with Gasteiger partial charge in [-0.2, -0.15) is 9.61 Å². The van der Waals surface area contributed by atoms with E-state index in [0.717, 1.165) is 28.5 Å². The third-order valence-electron chi connectivity index (χ3n) is 4.75. The number of nitrogens with one attached hydrogen (secondary N) is 1. The number of hydrogen-bond acceptors (Lipinski definition) is 5. The highest BCUT2D eigenvalue weighted by molar-refractivity contribution is 7.89. The lowest BCUT2D eigenvalue weighted by molar-refractivity contribution is 0.581. The molecule has 0 aliphatic heterocycles. The molecule has 4 aromatic rings. The number of hydrogen-bond donors (Lipinski definition) is 1. The number of aromatic nitrogens is 4. The van der Waals surface area contributed by atoms with Gasteiger partial charge in [0.15, 0.2) is 11.5 Å². The van der Waals surface area contributed by atoms with Crippen molar-refractivity contribution in [3.8, 4) is 11.4 Å². The molecular formula is C20H21N5O2S. The minimum Gasteiger partial charge on any atom is -0.211 e. The zero-order valence-corrected chi connectivity index (χ0v) is 16.8.